The molecule has 0 radical (unpaired) electrons. The maximum atomic E-state index is 12.7. The molecule has 0 unspecified atom stereocenters. The number of Topliss-reactive ketones (excluding diaryl/α,β-unsaturated/α-hetero) is 1. The minimum Gasteiger partial charge on any atom is -0.508 e. The van der Waals surface area contributed by atoms with E-state index >= 15 is 0 Å². The van der Waals surface area contributed by atoms with Gasteiger partial charge in [-0.25, -0.2) is 0 Å². The van der Waals surface area contributed by atoms with Crippen LogP contribution in [0.15, 0.2) is 39.3 Å². The summed E-state index contributed by atoms with van der Waals surface area (Å²) in [6.45, 7) is 5.47. The third-order valence-corrected chi connectivity index (χ3v) is 6.59. The highest BCUT2D eigenvalue weighted by Gasteiger charge is 2.48. The highest BCUT2D eigenvalue weighted by atomic mass is 79.9. The predicted molar refractivity (Wildman–Crippen MR) is 120 cm³/mol. The number of nitrogens with one attached hydrogen (secondary N) is 1. The standard InChI is InChI=1S/C22H23Br2NO4/c1-12(2)16-11-15(5-6-19(16)27)29-20-17(23)9-14(10-18(20)24)25-21(28)22(13(3)26)7-4-8-22/h5-6,9-12,27H,4,7-8H2,1-3H3,(H,25,28). The molecule has 0 spiro atoms. The molecular weight excluding hydrogens is 502 g/mol. The molecule has 154 valence electrons. The summed E-state index contributed by atoms with van der Waals surface area (Å²) in [5, 5.41) is 12.9. The highest BCUT2D eigenvalue weighted by Crippen LogP contribution is 2.44. The number of ketones is 1. The van der Waals surface area contributed by atoms with E-state index in [2.05, 4.69) is 37.2 Å². The third-order valence-electron chi connectivity index (χ3n) is 5.41. The molecule has 1 aliphatic carbocycles. The van der Waals surface area contributed by atoms with E-state index in [-0.39, 0.29) is 23.4 Å². The number of amides is 1. The van der Waals surface area contributed by atoms with E-state index in [9.17, 15) is 14.7 Å². The maximum absolute atomic E-state index is 12.7. The van der Waals surface area contributed by atoms with E-state index in [4.69, 9.17) is 4.74 Å². The Morgan fingerprint density at radius 1 is 1.14 bits per heavy atom. The van der Waals surface area contributed by atoms with Crippen LogP contribution in [-0.4, -0.2) is 16.8 Å². The Morgan fingerprint density at radius 2 is 1.76 bits per heavy atom. The molecular formula is C22H23Br2NO4. The van der Waals surface area contributed by atoms with Crippen molar-refractivity contribution in [1.29, 1.82) is 0 Å². The number of halogens is 2. The van der Waals surface area contributed by atoms with Gasteiger partial charge in [-0.15, -0.1) is 0 Å². The monoisotopic (exact) mass is 523 g/mol. The van der Waals surface area contributed by atoms with Gasteiger partial charge in [-0.3, -0.25) is 9.59 Å². The van der Waals surface area contributed by atoms with Gasteiger partial charge in [-0.05, 0) is 87.9 Å². The largest absolute Gasteiger partial charge is 0.508 e. The van der Waals surface area contributed by atoms with E-state index in [1.165, 1.54) is 6.92 Å². The van der Waals surface area contributed by atoms with Crippen molar-refractivity contribution in [2.24, 2.45) is 5.41 Å². The Hall–Kier alpha value is -1.86. The fourth-order valence-corrected chi connectivity index (χ4v) is 4.77. The first-order chi connectivity index (χ1) is 13.6. The number of hydrogen-bond donors (Lipinski definition) is 2. The zero-order valence-corrected chi connectivity index (χ0v) is 19.7. The summed E-state index contributed by atoms with van der Waals surface area (Å²) >= 11 is 6.99. The van der Waals surface area contributed by atoms with Crippen molar-refractivity contribution >= 4 is 49.2 Å². The van der Waals surface area contributed by atoms with Gasteiger partial charge in [0.1, 0.15) is 22.7 Å². The van der Waals surface area contributed by atoms with E-state index in [0.29, 0.717) is 39.0 Å². The van der Waals surface area contributed by atoms with Gasteiger partial charge in [-0.1, -0.05) is 20.3 Å². The molecule has 3 rings (SSSR count). The van der Waals surface area contributed by atoms with Gasteiger partial charge in [0.2, 0.25) is 5.91 Å². The molecule has 1 saturated carbocycles. The molecule has 0 aromatic heterocycles. The smallest absolute Gasteiger partial charge is 0.238 e. The number of phenols is 1. The molecule has 0 saturated heterocycles. The predicted octanol–water partition coefficient (Wildman–Crippen LogP) is 6.53. The second-order valence-corrected chi connectivity index (χ2v) is 9.40. The van der Waals surface area contributed by atoms with Crippen LogP contribution in [0.2, 0.25) is 0 Å². The van der Waals surface area contributed by atoms with Crippen LogP contribution in [0.1, 0.15) is 51.5 Å². The van der Waals surface area contributed by atoms with Gasteiger partial charge < -0.3 is 15.2 Å². The van der Waals surface area contributed by atoms with Gasteiger partial charge in [0.15, 0.2) is 5.75 Å². The summed E-state index contributed by atoms with van der Waals surface area (Å²) in [5.74, 6) is 1.18. The van der Waals surface area contributed by atoms with Crippen molar-refractivity contribution in [3.8, 4) is 17.2 Å². The van der Waals surface area contributed by atoms with Crippen molar-refractivity contribution in [2.75, 3.05) is 5.32 Å². The van der Waals surface area contributed by atoms with Crippen LogP contribution in [0.5, 0.6) is 17.2 Å². The first-order valence-corrected chi connectivity index (χ1v) is 11.0. The Bertz CT molecular complexity index is 944. The Kier molecular flexibility index (Phi) is 6.39. The van der Waals surface area contributed by atoms with Gasteiger partial charge in [0.25, 0.3) is 0 Å². The van der Waals surface area contributed by atoms with E-state index in [0.717, 1.165) is 12.0 Å². The molecule has 2 aromatic rings. The van der Waals surface area contributed by atoms with Gasteiger partial charge >= 0.3 is 0 Å². The van der Waals surface area contributed by atoms with Gasteiger partial charge in [0.05, 0.1) is 8.95 Å². The summed E-state index contributed by atoms with van der Waals surface area (Å²) in [6, 6.07) is 8.61. The topological polar surface area (TPSA) is 75.6 Å². The number of hydrogen-bond acceptors (Lipinski definition) is 4. The number of aromatic hydroxyl groups is 1. The molecule has 1 amide bonds. The summed E-state index contributed by atoms with van der Waals surface area (Å²) in [7, 11) is 0. The minimum atomic E-state index is -0.895. The molecule has 1 fully saturated rings. The van der Waals surface area contributed by atoms with Gasteiger partial charge in [-0.2, -0.15) is 0 Å². The summed E-state index contributed by atoms with van der Waals surface area (Å²) in [6.07, 6.45) is 2.08. The normalized spacial score (nSPS) is 15.0. The van der Waals surface area contributed by atoms with Crippen LogP contribution < -0.4 is 10.1 Å². The number of carbonyl (C=O) groups excluding carboxylic acids is 2. The summed E-state index contributed by atoms with van der Waals surface area (Å²) < 4.78 is 7.30. The van der Waals surface area contributed by atoms with Crippen molar-refractivity contribution in [2.45, 2.75) is 46.0 Å². The summed E-state index contributed by atoms with van der Waals surface area (Å²) in [5.41, 5.74) is 0.476. The lowest BCUT2D eigenvalue weighted by Gasteiger charge is -2.37. The quantitative estimate of drug-likeness (QED) is 0.421. The first kappa shape index (κ1) is 21.8. The number of benzene rings is 2. The average molecular weight is 525 g/mol. The molecule has 0 bridgehead atoms. The van der Waals surface area contributed by atoms with Crippen molar-refractivity contribution in [3.63, 3.8) is 0 Å². The second-order valence-electron chi connectivity index (χ2n) is 7.69. The zero-order valence-electron chi connectivity index (χ0n) is 16.5. The van der Waals surface area contributed by atoms with Crippen LogP contribution in [0, 0.1) is 5.41 Å². The molecule has 0 aliphatic heterocycles. The van der Waals surface area contributed by atoms with Crippen LogP contribution in [0.3, 0.4) is 0 Å². The second kappa shape index (κ2) is 8.48. The number of rotatable bonds is 6. The molecule has 0 heterocycles. The number of phenolic OH excluding ortho intramolecular Hbond substituents is 1. The van der Waals surface area contributed by atoms with Crippen LogP contribution >= 0.6 is 31.9 Å². The Labute approximate surface area is 187 Å². The molecule has 2 N–H and O–H groups in total. The van der Waals surface area contributed by atoms with Gasteiger partial charge in [0, 0.05) is 11.3 Å². The minimum absolute atomic E-state index is 0.0902. The average Bonchev–Trinajstić information content (AvgIpc) is 2.57. The lowest BCUT2D eigenvalue weighted by atomic mass is 9.65. The SMILES string of the molecule is CC(=O)C1(C(=O)Nc2cc(Br)c(Oc3ccc(O)c(C(C)C)c3)c(Br)c2)CCC1. The number of anilines is 1. The lowest BCUT2D eigenvalue weighted by Crippen LogP contribution is -2.47. The number of carbonyl (C=O) groups is 2. The fourth-order valence-electron chi connectivity index (χ4n) is 3.43. The van der Waals surface area contributed by atoms with Crippen molar-refractivity contribution < 1.29 is 19.4 Å². The van der Waals surface area contributed by atoms with Crippen molar-refractivity contribution in [1.82, 2.24) is 0 Å². The van der Waals surface area contributed by atoms with E-state index < -0.39 is 5.41 Å². The Morgan fingerprint density at radius 3 is 2.24 bits per heavy atom. The van der Waals surface area contributed by atoms with E-state index in [1.54, 1.807) is 24.3 Å². The van der Waals surface area contributed by atoms with Crippen LogP contribution in [-0.2, 0) is 9.59 Å². The molecule has 29 heavy (non-hydrogen) atoms. The van der Waals surface area contributed by atoms with Crippen molar-refractivity contribution in [3.05, 3.63) is 44.8 Å². The third kappa shape index (κ3) is 4.36. The lowest BCUT2D eigenvalue weighted by molar-refractivity contribution is -0.143. The zero-order chi connectivity index (χ0) is 21.3. The first-order valence-electron chi connectivity index (χ1n) is 9.46. The van der Waals surface area contributed by atoms with Crippen LogP contribution in [0.25, 0.3) is 0 Å². The van der Waals surface area contributed by atoms with E-state index in [1.807, 2.05) is 19.9 Å². The Balaban J connectivity index is 1.82. The molecule has 7 heteroatoms. The molecule has 5 nitrogen and oxygen atoms in total. The number of ether oxygens (including phenoxy) is 1. The van der Waals surface area contributed by atoms with Crippen LogP contribution in [0.4, 0.5) is 5.69 Å². The summed E-state index contributed by atoms with van der Waals surface area (Å²) in [4.78, 5) is 24.6. The molecule has 1 aliphatic rings. The molecule has 2 aromatic carbocycles. The highest BCUT2D eigenvalue weighted by molar-refractivity contribution is 9.11. The molecule has 0 atom stereocenters. The maximum Gasteiger partial charge on any atom is 0.238 e. The fraction of sp³-hybridized carbons (Fsp3) is 0.364.